The molecule has 1 unspecified atom stereocenters. The van der Waals surface area contributed by atoms with E-state index in [0.29, 0.717) is 6.54 Å². The van der Waals surface area contributed by atoms with E-state index in [0.717, 1.165) is 32.5 Å². The van der Waals surface area contributed by atoms with Crippen LogP contribution in [0.1, 0.15) is 19.8 Å². The summed E-state index contributed by atoms with van der Waals surface area (Å²) in [5, 5.41) is 3.17. The first-order valence-electron chi connectivity index (χ1n) is 6.33. The molecule has 0 saturated carbocycles. The van der Waals surface area contributed by atoms with Crippen LogP contribution in [0.3, 0.4) is 0 Å². The highest BCUT2D eigenvalue weighted by molar-refractivity contribution is 5.80. The van der Waals surface area contributed by atoms with E-state index in [-0.39, 0.29) is 11.9 Å². The van der Waals surface area contributed by atoms with Gasteiger partial charge in [-0.3, -0.25) is 4.79 Å². The molecule has 5 nitrogen and oxygen atoms in total. The number of rotatable bonds is 10. The van der Waals surface area contributed by atoms with Crippen molar-refractivity contribution in [3.05, 3.63) is 0 Å². The molecule has 0 aliphatic heterocycles. The van der Waals surface area contributed by atoms with Gasteiger partial charge in [0.2, 0.25) is 5.91 Å². The molecule has 0 aliphatic carbocycles. The van der Waals surface area contributed by atoms with E-state index in [1.807, 2.05) is 7.05 Å². The van der Waals surface area contributed by atoms with Gasteiger partial charge in [-0.25, -0.2) is 0 Å². The molecule has 0 spiro atoms. The van der Waals surface area contributed by atoms with Crippen molar-refractivity contribution < 1.29 is 4.79 Å². The second kappa shape index (κ2) is 9.39. The number of amides is 1. The Morgan fingerprint density at radius 2 is 1.94 bits per heavy atom. The van der Waals surface area contributed by atoms with Crippen LogP contribution < -0.4 is 11.1 Å². The number of nitrogens with zero attached hydrogens (tertiary/aromatic N) is 2. The smallest absolute Gasteiger partial charge is 0.235 e. The van der Waals surface area contributed by atoms with Crippen LogP contribution in [-0.2, 0) is 4.79 Å². The van der Waals surface area contributed by atoms with Gasteiger partial charge in [0.25, 0.3) is 0 Å². The molecule has 1 amide bonds. The molecule has 0 heterocycles. The molecule has 0 bridgehead atoms. The maximum absolute atomic E-state index is 11.2. The predicted molar refractivity (Wildman–Crippen MR) is 71.9 cm³/mol. The van der Waals surface area contributed by atoms with Crippen molar-refractivity contribution in [3.8, 4) is 0 Å². The maximum Gasteiger partial charge on any atom is 0.235 e. The lowest BCUT2D eigenvalue weighted by molar-refractivity contribution is -0.120. The van der Waals surface area contributed by atoms with E-state index < -0.39 is 0 Å². The van der Waals surface area contributed by atoms with Gasteiger partial charge in [0.1, 0.15) is 0 Å². The molecule has 3 N–H and O–H groups in total. The Labute approximate surface area is 105 Å². The summed E-state index contributed by atoms with van der Waals surface area (Å²) in [4.78, 5) is 15.6. The zero-order chi connectivity index (χ0) is 13.3. The first-order chi connectivity index (χ1) is 7.97. The van der Waals surface area contributed by atoms with Gasteiger partial charge in [-0.05, 0) is 53.6 Å². The number of nitrogens with one attached hydrogen (secondary N) is 1. The molecule has 102 valence electrons. The zero-order valence-corrected chi connectivity index (χ0v) is 11.7. The van der Waals surface area contributed by atoms with Crippen molar-refractivity contribution >= 4 is 5.91 Å². The summed E-state index contributed by atoms with van der Waals surface area (Å²) < 4.78 is 0. The Hall–Kier alpha value is -0.650. The van der Waals surface area contributed by atoms with E-state index in [4.69, 9.17) is 5.73 Å². The molecule has 5 heteroatoms. The summed E-state index contributed by atoms with van der Waals surface area (Å²) >= 11 is 0. The van der Waals surface area contributed by atoms with Gasteiger partial charge in [-0.15, -0.1) is 0 Å². The quantitative estimate of drug-likeness (QED) is 0.555. The number of carbonyl (C=O) groups excluding carboxylic acids is 1. The second-order valence-electron chi connectivity index (χ2n) is 4.83. The van der Waals surface area contributed by atoms with Crippen LogP contribution in [-0.4, -0.2) is 69.1 Å². The number of hydrogen-bond donors (Lipinski definition) is 2. The summed E-state index contributed by atoms with van der Waals surface area (Å²) in [6.45, 7) is 5.64. The van der Waals surface area contributed by atoms with Gasteiger partial charge in [-0.1, -0.05) is 6.92 Å². The van der Waals surface area contributed by atoms with Crippen molar-refractivity contribution in [2.45, 2.75) is 25.8 Å². The fourth-order valence-corrected chi connectivity index (χ4v) is 1.63. The van der Waals surface area contributed by atoms with Gasteiger partial charge in [0.05, 0.1) is 6.04 Å². The Morgan fingerprint density at radius 3 is 2.41 bits per heavy atom. The lowest BCUT2D eigenvalue weighted by Crippen LogP contribution is -2.48. The van der Waals surface area contributed by atoms with Crippen molar-refractivity contribution in [3.63, 3.8) is 0 Å². The third-order valence-corrected chi connectivity index (χ3v) is 2.62. The molecule has 0 fully saturated rings. The zero-order valence-electron chi connectivity index (χ0n) is 11.7. The molecule has 0 radical (unpaired) electrons. The van der Waals surface area contributed by atoms with Crippen LogP contribution in [0.4, 0.5) is 0 Å². The average molecular weight is 244 g/mol. The van der Waals surface area contributed by atoms with E-state index in [2.05, 4.69) is 36.1 Å². The Morgan fingerprint density at radius 1 is 1.29 bits per heavy atom. The summed E-state index contributed by atoms with van der Waals surface area (Å²) in [5.41, 5.74) is 5.37. The van der Waals surface area contributed by atoms with Gasteiger partial charge in [0.15, 0.2) is 0 Å². The molecule has 0 rings (SSSR count). The third kappa shape index (κ3) is 9.09. The minimum absolute atomic E-state index is 0.237. The topological polar surface area (TPSA) is 61.6 Å². The van der Waals surface area contributed by atoms with E-state index in [9.17, 15) is 4.79 Å². The van der Waals surface area contributed by atoms with Crippen LogP contribution in [0.2, 0.25) is 0 Å². The van der Waals surface area contributed by atoms with Crippen LogP contribution in [0.15, 0.2) is 0 Å². The summed E-state index contributed by atoms with van der Waals surface area (Å²) in [5.74, 6) is -0.266. The summed E-state index contributed by atoms with van der Waals surface area (Å²) in [6.07, 6.45) is 2.11. The highest BCUT2D eigenvalue weighted by Crippen LogP contribution is 1.93. The van der Waals surface area contributed by atoms with Gasteiger partial charge >= 0.3 is 0 Å². The Kier molecular flexibility index (Phi) is 9.03. The van der Waals surface area contributed by atoms with Crippen molar-refractivity contribution in [2.24, 2.45) is 5.73 Å². The molecule has 0 aromatic rings. The second-order valence-corrected chi connectivity index (χ2v) is 4.83. The Balaban J connectivity index is 3.86. The van der Waals surface area contributed by atoms with Crippen LogP contribution in [0, 0.1) is 0 Å². The molecule has 17 heavy (non-hydrogen) atoms. The number of primary amides is 1. The molecular formula is C12H28N4O. The number of carbonyl (C=O) groups is 1. The fraction of sp³-hybridized carbons (Fsp3) is 0.917. The van der Waals surface area contributed by atoms with Crippen molar-refractivity contribution in [2.75, 3.05) is 47.3 Å². The summed E-state index contributed by atoms with van der Waals surface area (Å²) in [7, 11) is 6.16. The lowest BCUT2D eigenvalue weighted by atomic mass is 10.2. The number of likely N-dealkylation sites (N-methyl/N-ethyl adjacent to an activating group) is 1. The van der Waals surface area contributed by atoms with Crippen LogP contribution in [0.5, 0.6) is 0 Å². The molecular weight excluding hydrogens is 216 g/mol. The first kappa shape index (κ1) is 16.4. The number of hydrogen-bond acceptors (Lipinski definition) is 4. The third-order valence-electron chi connectivity index (χ3n) is 2.62. The maximum atomic E-state index is 11.2. The van der Waals surface area contributed by atoms with Gasteiger partial charge in [0, 0.05) is 6.54 Å². The number of nitrogens with two attached hydrogens (primary N) is 1. The molecule has 0 aliphatic rings. The fourth-order valence-electron chi connectivity index (χ4n) is 1.63. The highest BCUT2D eigenvalue weighted by Gasteiger charge is 2.15. The normalized spacial score (nSPS) is 13.3. The van der Waals surface area contributed by atoms with Crippen LogP contribution >= 0.6 is 0 Å². The van der Waals surface area contributed by atoms with E-state index in [1.165, 1.54) is 0 Å². The van der Waals surface area contributed by atoms with E-state index >= 15 is 0 Å². The molecule has 0 aromatic carbocycles. The first-order valence-corrected chi connectivity index (χ1v) is 6.33. The molecule has 1 atom stereocenters. The summed E-state index contributed by atoms with van der Waals surface area (Å²) in [6, 6.07) is -0.237. The minimum atomic E-state index is -0.266. The predicted octanol–water partition coefficient (Wildman–Crippen LogP) is -0.277. The molecule has 0 saturated heterocycles. The van der Waals surface area contributed by atoms with Gasteiger partial charge in [-0.2, -0.15) is 0 Å². The highest BCUT2D eigenvalue weighted by atomic mass is 16.1. The SMILES string of the molecule is CCCNC(CN(C)CCCN(C)C)C(N)=O. The Bertz CT molecular complexity index is 209. The monoisotopic (exact) mass is 244 g/mol. The van der Waals surface area contributed by atoms with Crippen molar-refractivity contribution in [1.82, 2.24) is 15.1 Å². The molecule has 0 aromatic heterocycles. The minimum Gasteiger partial charge on any atom is -0.368 e. The van der Waals surface area contributed by atoms with E-state index in [1.54, 1.807) is 0 Å². The van der Waals surface area contributed by atoms with Crippen molar-refractivity contribution in [1.29, 1.82) is 0 Å². The van der Waals surface area contributed by atoms with Crippen LogP contribution in [0.25, 0.3) is 0 Å². The largest absolute Gasteiger partial charge is 0.368 e. The average Bonchev–Trinajstić information content (AvgIpc) is 2.23. The lowest BCUT2D eigenvalue weighted by Gasteiger charge is -2.23. The van der Waals surface area contributed by atoms with Gasteiger partial charge < -0.3 is 20.9 Å². The standard InChI is InChI=1S/C12H28N4O/c1-5-7-14-11(12(13)17)10-16(4)9-6-8-15(2)3/h11,14H,5-10H2,1-4H3,(H2,13,17).